The number of nitrogens with one attached hydrogen (secondary N) is 1. The molecule has 0 radical (unpaired) electrons. The molecule has 0 spiro atoms. The van der Waals surface area contributed by atoms with E-state index in [9.17, 15) is 9.18 Å². The van der Waals surface area contributed by atoms with Gasteiger partial charge in [-0.1, -0.05) is 18.2 Å². The highest BCUT2D eigenvalue weighted by Crippen LogP contribution is 2.16. The van der Waals surface area contributed by atoms with E-state index in [0.29, 0.717) is 5.69 Å². The normalized spacial score (nSPS) is 10.3. The number of aromatic nitrogens is 3. The minimum atomic E-state index is -0.551. The highest BCUT2D eigenvalue weighted by Gasteiger charge is 2.11. The lowest BCUT2D eigenvalue weighted by molar-refractivity contribution is 0.102. The summed E-state index contributed by atoms with van der Waals surface area (Å²) < 4.78 is 15.3. The molecule has 0 aliphatic carbocycles. The van der Waals surface area contributed by atoms with E-state index < -0.39 is 11.7 Å². The number of benzene rings is 2. The van der Waals surface area contributed by atoms with Gasteiger partial charge in [-0.05, 0) is 30.3 Å². The van der Waals surface area contributed by atoms with E-state index in [1.807, 2.05) is 6.07 Å². The summed E-state index contributed by atoms with van der Waals surface area (Å²) in [5.74, 6) is -1.04. The van der Waals surface area contributed by atoms with Gasteiger partial charge in [0.1, 0.15) is 18.5 Å². The van der Waals surface area contributed by atoms with Gasteiger partial charge in [0.2, 0.25) is 0 Å². The molecule has 3 rings (SSSR count). The van der Waals surface area contributed by atoms with Gasteiger partial charge in [0, 0.05) is 5.69 Å². The van der Waals surface area contributed by atoms with Crippen LogP contribution in [0.2, 0.25) is 0 Å². The molecule has 2 aromatic carbocycles. The van der Waals surface area contributed by atoms with Crippen molar-refractivity contribution >= 4 is 11.6 Å². The third-order valence-electron chi connectivity index (χ3n) is 2.94. The van der Waals surface area contributed by atoms with Gasteiger partial charge in [-0.25, -0.2) is 4.39 Å². The summed E-state index contributed by atoms with van der Waals surface area (Å²) in [5.41, 5.74) is 1.37. The van der Waals surface area contributed by atoms with E-state index >= 15 is 0 Å². The van der Waals surface area contributed by atoms with Gasteiger partial charge in [0.25, 0.3) is 5.91 Å². The monoisotopic (exact) mass is 282 g/mol. The second-order valence-electron chi connectivity index (χ2n) is 4.35. The van der Waals surface area contributed by atoms with E-state index in [4.69, 9.17) is 0 Å². The molecule has 104 valence electrons. The maximum atomic E-state index is 13.6. The molecule has 0 fully saturated rings. The smallest absolute Gasteiger partial charge is 0.258 e. The SMILES string of the molecule is O=C(Nc1cccc(-n2cnnc2)c1)c1ccccc1F. The molecule has 0 atom stereocenters. The fourth-order valence-corrected chi connectivity index (χ4v) is 1.92. The van der Waals surface area contributed by atoms with Crippen LogP contribution in [-0.2, 0) is 0 Å². The molecule has 0 saturated carbocycles. The van der Waals surface area contributed by atoms with Gasteiger partial charge in [0.15, 0.2) is 0 Å². The van der Waals surface area contributed by atoms with E-state index in [0.717, 1.165) is 5.69 Å². The first-order chi connectivity index (χ1) is 10.2. The number of halogens is 1. The van der Waals surface area contributed by atoms with E-state index in [1.165, 1.54) is 12.1 Å². The quantitative estimate of drug-likeness (QED) is 0.803. The lowest BCUT2D eigenvalue weighted by Gasteiger charge is -2.08. The molecule has 3 aromatic rings. The van der Waals surface area contributed by atoms with Crippen molar-refractivity contribution in [3.8, 4) is 5.69 Å². The van der Waals surface area contributed by atoms with Crippen molar-refractivity contribution < 1.29 is 9.18 Å². The molecule has 5 nitrogen and oxygen atoms in total. The van der Waals surface area contributed by atoms with Gasteiger partial charge >= 0.3 is 0 Å². The van der Waals surface area contributed by atoms with Crippen molar-refractivity contribution in [3.05, 3.63) is 72.6 Å². The Labute approximate surface area is 120 Å². The van der Waals surface area contributed by atoms with Gasteiger partial charge in [-0.15, -0.1) is 10.2 Å². The summed E-state index contributed by atoms with van der Waals surface area (Å²) in [5, 5.41) is 10.1. The Bertz CT molecular complexity index is 771. The van der Waals surface area contributed by atoms with Crippen molar-refractivity contribution in [1.29, 1.82) is 0 Å². The third-order valence-corrected chi connectivity index (χ3v) is 2.94. The lowest BCUT2D eigenvalue weighted by Crippen LogP contribution is -2.13. The van der Waals surface area contributed by atoms with Crippen LogP contribution >= 0.6 is 0 Å². The molecule has 0 unspecified atom stereocenters. The zero-order valence-corrected chi connectivity index (χ0v) is 10.9. The molecular weight excluding hydrogens is 271 g/mol. The summed E-state index contributed by atoms with van der Waals surface area (Å²) in [6.07, 6.45) is 3.11. The number of carbonyl (C=O) groups excluding carboxylic acids is 1. The largest absolute Gasteiger partial charge is 0.322 e. The van der Waals surface area contributed by atoms with Crippen LogP contribution in [0.1, 0.15) is 10.4 Å². The van der Waals surface area contributed by atoms with E-state index in [1.54, 1.807) is 47.6 Å². The summed E-state index contributed by atoms with van der Waals surface area (Å²) in [6, 6.07) is 13.0. The average molecular weight is 282 g/mol. The van der Waals surface area contributed by atoms with Crippen LogP contribution in [0.4, 0.5) is 10.1 Å². The summed E-state index contributed by atoms with van der Waals surface area (Å²) in [4.78, 5) is 12.1. The number of hydrogen-bond acceptors (Lipinski definition) is 3. The van der Waals surface area contributed by atoms with E-state index in [-0.39, 0.29) is 5.56 Å². The van der Waals surface area contributed by atoms with Gasteiger partial charge in [0.05, 0.1) is 11.3 Å². The minimum Gasteiger partial charge on any atom is -0.322 e. The Morgan fingerprint density at radius 3 is 2.57 bits per heavy atom. The highest BCUT2D eigenvalue weighted by molar-refractivity contribution is 6.04. The third kappa shape index (κ3) is 2.79. The van der Waals surface area contributed by atoms with Crippen LogP contribution in [-0.4, -0.2) is 20.7 Å². The van der Waals surface area contributed by atoms with Crippen LogP contribution < -0.4 is 5.32 Å². The van der Waals surface area contributed by atoms with Crippen molar-refractivity contribution in [2.45, 2.75) is 0 Å². The van der Waals surface area contributed by atoms with Gasteiger partial charge < -0.3 is 5.32 Å². The second-order valence-corrected chi connectivity index (χ2v) is 4.35. The van der Waals surface area contributed by atoms with Crippen LogP contribution in [0, 0.1) is 5.82 Å². The fourth-order valence-electron chi connectivity index (χ4n) is 1.92. The number of carbonyl (C=O) groups is 1. The van der Waals surface area contributed by atoms with Crippen molar-refractivity contribution in [3.63, 3.8) is 0 Å². The van der Waals surface area contributed by atoms with Crippen molar-refractivity contribution in [2.24, 2.45) is 0 Å². The number of amides is 1. The minimum absolute atomic E-state index is 0.00667. The molecule has 1 amide bonds. The van der Waals surface area contributed by atoms with Crippen LogP contribution in [0.25, 0.3) is 5.69 Å². The Hall–Kier alpha value is -3.02. The van der Waals surface area contributed by atoms with Crippen LogP contribution in [0.5, 0.6) is 0 Å². The molecular formula is C15H11FN4O. The Kier molecular flexibility index (Phi) is 3.42. The number of anilines is 1. The Balaban J connectivity index is 1.84. The molecule has 0 aliphatic rings. The number of rotatable bonds is 3. The molecule has 0 saturated heterocycles. The van der Waals surface area contributed by atoms with Gasteiger partial charge in [-0.3, -0.25) is 9.36 Å². The summed E-state index contributed by atoms with van der Waals surface area (Å²) >= 11 is 0. The van der Waals surface area contributed by atoms with Crippen LogP contribution in [0.3, 0.4) is 0 Å². The lowest BCUT2D eigenvalue weighted by atomic mass is 10.2. The molecule has 6 heteroatoms. The molecule has 1 aromatic heterocycles. The fraction of sp³-hybridized carbons (Fsp3) is 0. The number of nitrogens with zero attached hydrogens (tertiary/aromatic N) is 3. The maximum Gasteiger partial charge on any atom is 0.258 e. The molecule has 0 bridgehead atoms. The Morgan fingerprint density at radius 2 is 1.81 bits per heavy atom. The van der Waals surface area contributed by atoms with Crippen molar-refractivity contribution in [2.75, 3.05) is 5.32 Å². The maximum absolute atomic E-state index is 13.6. The first kappa shape index (κ1) is 13.0. The predicted octanol–water partition coefficient (Wildman–Crippen LogP) is 2.66. The van der Waals surface area contributed by atoms with Crippen molar-refractivity contribution in [1.82, 2.24) is 14.8 Å². The first-order valence-electron chi connectivity index (χ1n) is 6.25. The predicted molar refractivity (Wildman–Crippen MR) is 75.7 cm³/mol. The summed E-state index contributed by atoms with van der Waals surface area (Å²) in [7, 11) is 0. The first-order valence-corrected chi connectivity index (χ1v) is 6.25. The molecule has 1 N–H and O–H groups in total. The number of hydrogen-bond donors (Lipinski definition) is 1. The second kappa shape index (κ2) is 5.54. The average Bonchev–Trinajstić information content (AvgIpc) is 3.02. The molecule has 0 aliphatic heterocycles. The van der Waals surface area contributed by atoms with Crippen LogP contribution in [0.15, 0.2) is 61.2 Å². The highest BCUT2D eigenvalue weighted by atomic mass is 19.1. The Morgan fingerprint density at radius 1 is 1.05 bits per heavy atom. The summed E-state index contributed by atoms with van der Waals surface area (Å²) in [6.45, 7) is 0. The topological polar surface area (TPSA) is 59.8 Å². The standard InChI is InChI=1S/C15H11FN4O/c16-14-7-2-1-6-13(14)15(21)19-11-4-3-5-12(8-11)20-9-17-18-10-20/h1-10H,(H,19,21). The van der Waals surface area contributed by atoms with Gasteiger partial charge in [-0.2, -0.15) is 0 Å². The molecule has 1 heterocycles. The zero-order chi connectivity index (χ0) is 14.7. The molecule has 21 heavy (non-hydrogen) atoms. The zero-order valence-electron chi connectivity index (χ0n) is 10.9. The van der Waals surface area contributed by atoms with E-state index in [2.05, 4.69) is 15.5 Å².